The van der Waals surface area contributed by atoms with Crippen LogP contribution in [0.15, 0.2) is 60.0 Å². The zero-order valence-electron chi connectivity index (χ0n) is 16.4. The Hall–Kier alpha value is -2.62. The van der Waals surface area contributed by atoms with Gasteiger partial charge in [0, 0.05) is 48.8 Å². The van der Waals surface area contributed by atoms with Crippen LogP contribution in [0.4, 0.5) is 8.78 Å². The highest BCUT2D eigenvalue weighted by Crippen LogP contribution is 2.37. The quantitative estimate of drug-likeness (QED) is 0.539. The van der Waals surface area contributed by atoms with Gasteiger partial charge in [-0.3, -0.25) is 4.79 Å². The van der Waals surface area contributed by atoms with Crippen molar-refractivity contribution in [2.24, 2.45) is 13.0 Å². The largest absolute Gasteiger partial charge is 0.339 e. The summed E-state index contributed by atoms with van der Waals surface area (Å²) in [7, 11) is -2.31. The molecule has 2 atom stereocenters. The number of Topliss-reactive ketones (excluding diaryl/α,β-unsaturated/α-hetero) is 1. The summed E-state index contributed by atoms with van der Waals surface area (Å²) in [6, 6.07) is 9.07. The third-order valence-electron chi connectivity index (χ3n) is 5.35. The van der Waals surface area contributed by atoms with Crippen LogP contribution in [-0.4, -0.2) is 41.1 Å². The lowest BCUT2D eigenvalue weighted by molar-refractivity contribution is 0.0917. The molecule has 1 aliphatic heterocycles. The first-order valence-corrected chi connectivity index (χ1v) is 11.2. The molecule has 2 heterocycles. The van der Waals surface area contributed by atoms with E-state index in [1.54, 1.807) is 7.05 Å². The normalized spacial score (nSPS) is 19.6. The fourth-order valence-corrected chi connectivity index (χ4v) is 5.52. The summed E-state index contributed by atoms with van der Waals surface area (Å²) < 4.78 is 56.1. The minimum atomic E-state index is -3.96. The summed E-state index contributed by atoms with van der Waals surface area (Å²) in [5.74, 6) is -2.89. The van der Waals surface area contributed by atoms with Gasteiger partial charge < -0.3 is 4.57 Å². The number of carbonyl (C=O) groups excluding carboxylic acids is 1. The highest BCUT2D eigenvalue weighted by molar-refractivity contribution is 7.89. The Morgan fingerprint density at radius 3 is 2.42 bits per heavy atom. The number of rotatable bonds is 5. The molecule has 0 N–H and O–H groups in total. The van der Waals surface area contributed by atoms with Crippen molar-refractivity contribution in [2.45, 2.75) is 10.9 Å². The van der Waals surface area contributed by atoms with Gasteiger partial charge in [-0.15, -0.1) is 0 Å². The number of hydrogen-bond donors (Lipinski definition) is 0. The Morgan fingerprint density at radius 1 is 1.10 bits per heavy atom. The molecule has 10 heteroatoms. The Balaban J connectivity index is 1.73. The fourth-order valence-electron chi connectivity index (χ4n) is 3.84. The summed E-state index contributed by atoms with van der Waals surface area (Å²) in [4.78, 5) is 17.2. The first-order chi connectivity index (χ1) is 14.6. The first-order valence-electron chi connectivity index (χ1n) is 9.39. The summed E-state index contributed by atoms with van der Waals surface area (Å²) in [5.41, 5.74) is 0.667. The molecule has 6 nitrogen and oxygen atoms in total. The smallest absolute Gasteiger partial charge is 0.262 e. The van der Waals surface area contributed by atoms with Crippen molar-refractivity contribution in [3.05, 3.63) is 82.8 Å². The topological polar surface area (TPSA) is 72.3 Å². The van der Waals surface area contributed by atoms with E-state index in [0.717, 1.165) is 12.1 Å². The number of benzene rings is 2. The predicted octanol–water partition coefficient (Wildman–Crippen LogP) is 3.64. The fraction of sp³-hybridized carbons (Fsp3) is 0.238. The SMILES string of the molecule is Cn1cnc(S(=O)(=O)N2C[C@@H](C(=O)c3cc(F)cc(Cl)c3)[C@H](c3ccc(F)cc3)C2)c1. The van der Waals surface area contributed by atoms with Crippen LogP contribution in [0.3, 0.4) is 0 Å². The predicted molar refractivity (Wildman–Crippen MR) is 110 cm³/mol. The molecule has 1 fully saturated rings. The lowest BCUT2D eigenvalue weighted by atomic mass is 9.84. The molecule has 0 aliphatic carbocycles. The Morgan fingerprint density at radius 2 is 1.81 bits per heavy atom. The highest BCUT2D eigenvalue weighted by Gasteiger charge is 2.44. The van der Waals surface area contributed by atoms with Crippen molar-refractivity contribution in [2.75, 3.05) is 13.1 Å². The number of hydrogen-bond acceptors (Lipinski definition) is 4. The summed E-state index contributed by atoms with van der Waals surface area (Å²) in [5, 5.41) is -0.0626. The van der Waals surface area contributed by atoms with Gasteiger partial charge in [0.2, 0.25) is 0 Å². The maximum Gasteiger partial charge on any atom is 0.262 e. The standard InChI is InChI=1S/C21H18ClF2N3O3S/c1-26-11-20(25-12-26)31(29,30)27-9-18(13-2-4-16(23)5-3-13)19(10-27)21(28)14-6-15(22)8-17(24)7-14/h2-8,11-12,18-19H,9-10H2,1H3/t18-,19+/m0/s1. The van der Waals surface area contributed by atoms with Gasteiger partial charge in [-0.05, 0) is 35.9 Å². The molecule has 0 saturated carbocycles. The second-order valence-electron chi connectivity index (χ2n) is 7.49. The van der Waals surface area contributed by atoms with Crippen LogP contribution >= 0.6 is 11.6 Å². The third kappa shape index (κ3) is 4.26. The zero-order valence-corrected chi connectivity index (χ0v) is 17.9. The van der Waals surface area contributed by atoms with Gasteiger partial charge in [0.25, 0.3) is 10.0 Å². The van der Waals surface area contributed by atoms with E-state index in [1.165, 1.54) is 51.7 Å². The number of ketones is 1. The van der Waals surface area contributed by atoms with Gasteiger partial charge in [0.15, 0.2) is 10.8 Å². The molecule has 0 amide bonds. The maximum atomic E-state index is 13.8. The van der Waals surface area contributed by atoms with Crippen LogP contribution in [0.2, 0.25) is 5.02 Å². The number of carbonyl (C=O) groups is 1. The van der Waals surface area contributed by atoms with E-state index in [4.69, 9.17) is 11.6 Å². The second kappa shape index (κ2) is 8.14. The van der Waals surface area contributed by atoms with Gasteiger partial charge in [-0.2, -0.15) is 4.31 Å². The van der Waals surface area contributed by atoms with E-state index in [9.17, 15) is 22.0 Å². The molecule has 1 saturated heterocycles. The number of nitrogens with zero attached hydrogens (tertiary/aromatic N) is 3. The minimum Gasteiger partial charge on any atom is -0.339 e. The van der Waals surface area contributed by atoms with E-state index in [0.29, 0.717) is 5.56 Å². The molecule has 0 bridgehead atoms. The molecule has 0 spiro atoms. The summed E-state index contributed by atoms with van der Waals surface area (Å²) >= 11 is 5.90. The zero-order chi connectivity index (χ0) is 22.3. The van der Waals surface area contributed by atoms with Gasteiger partial charge in [-0.1, -0.05) is 23.7 Å². The molecule has 1 aliphatic rings. The van der Waals surface area contributed by atoms with E-state index < -0.39 is 39.3 Å². The van der Waals surface area contributed by atoms with Crippen molar-refractivity contribution in [1.29, 1.82) is 0 Å². The molecular weight excluding hydrogens is 448 g/mol. The Bertz CT molecular complexity index is 1220. The number of imidazole rings is 1. The van der Waals surface area contributed by atoms with Crippen LogP contribution in [0.1, 0.15) is 21.8 Å². The molecule has 3 aromatic rings. The van der Waals surface area contributed by atoms with Crippen LogP contribution in [0, 0.1) is 17.6 Å². The molecule has 31 heavy (non-hydrogen) atoms. The highest BCUT2D eigenvalue weighted by atomic mass is 35.5. The van der Waals surface area contributed by atoms with E-state index in [2.05, 4.69) is 4.98 Å². The van der Waals surface area contributed by atoms with E-state index >= 15 is 0 Å². The van der Waals surface area contributed by atoms with E-state index in [1.807, 2.05) is 0 Å². The molecule has 162 valence electrons. The number of aryl methyl sites for hydroxylation is 1. The second-order valence-corrected chi connectivity index (χ2v) is 9.81. The van der Waals surface area contributed by atoms with Gasteiger partial charge in [-0.25, -0.2) is 22.2 Å². The van der Waals surface area contributed by atoms with Crippen LogP contribution in [0.25, 0.3) is 0 Å². The lowest BCUT2D eigenvalue weighted by Crippen LogP contribution is -2.30. The van der Waals surface area contributed by atoms with Crippen molar-refractivity contribution >= 4 is 27.4 Å². The Labute approximate surface area is 183 Å². The number of aromatic nitrogens is 2. The van der Waals surface area contributed by atoms with E-state index in [-0.39, 0.29) is 28.7 Å². The average molecular weight is 466 g/mol. The van der Waals surface area contributed by atoms with Crippen LogP contribution in [-0.2, 0) is 17.1 Å². The van der Waals surface area contributed by atoms with Gasteiger partial charge in [0.05, 0.1) is 6.33 Å². The van der Waals surface area contributed by atoms with Crippen molar-refractivity contribution in [3.63, 3.8) is 0 Å². The van der Waals surface area contributed by atoms with Gasteiger partial charge >= 0.3 is 0 Å². The summed E-state index contributed by atoms with van der Waals surface area (Å²) in [6.07, 6.45) is 2.75. The minimum absolute atomic E-state index is 0.00396. The number of sulfonamides is 1. The Kier molecular flexibility index (Phi) is 5.67. The summed E-state index contributed by atoms with van der Waals surface area (Å²) in [6.45, 7) is -0.113. The van der Waals surface area contributed by atoms with Crippen molar-refractivity contribution in [3.8, 4) is 0 Å². The third-order valence-corrected chi connectivity index (χ3v) is 7.29. The monoisotopic (exact) mass is 465 g/mol. The van der Waals surface area contributed by atoms with Gasteiger partial charge in [0.1, 0.15) is 11.6 Å². The first kappa shape index (κ1) is 21.6. The van der Waals surface area contributed by atoms with Crippen molar-refractivity contribution < 1.29 is 22.0 Å². The number of halogens is 3. The molecule has 2 aromatic carbocycles. The molecule has 1 aromatic heterocycles. The maximum absolute atomic E-state index is 13.8. The molecule has 0 unspecified atom stereocenters. The van der Waals surface area contributed by atoms with Crippen molar-refractivity contribution in [1.82, 2.24) is 13.9 Å². The average Bonchev–Trinajstić information content (AvgIpc) is 3.35. The molecule has 0 radical (unpaired) electrons. The lowest BCUT2D eigenvalue weighted by Gasteiger charge is -2.18. The molecule has 4 rings (SSSR count). The van der Waals surface area contributed by atoms with Crippen LogP contribution in [0.5, 0.6) is 0 Å². The van der Waals surface area contributed by atoms with Crippen LogP contribution < -0.4 is 0 Å². The molecular formula is C21H18ClF2N3O3S.